The van der Waals surface area contributed by atoms with Crippen LogP contribution in [0.25, 0.3) is 10.8 Å². The second-order valence-electron chi connectivity index (χ2n) is 4.42. The summed E-state index contributed by atoms with van der Waals surface area (Å²) in [5.41, 5.74) is 1.26. The van der Waals surface area contributed by atoms with E-state index in [1.54, 1.807) is 17.4 Å². The Labute approximate surface area is 114 Å². The lowest BCUT2D eigenvalue weighted by molar-refractivity contribution is 0.0696. The smallest absolute Gasteiger partial charge is 0.335 e. The highest BCUT2D eigenvalue weighted by Gasteiger charge is 2.12. The third kappa shape index (κ3) is 2.37. The highest BCUT2D eigenvalue weighted by Crippen LogP contribution is 2.24. The van der Waals surface area contributed by atoms with Gasteiger partial charge >= 0.3 is 5.97 Å². The molecule has 1 aromatic heterocycles. The minimum absolute atomic E-state index is 0.395. The molecule has 3 aromatic rings. The molecule has 3 heteroatoms. The van der Waals surface area contributed by atoms with E-state index in [0.29, 0.717) is 12.0 Å². The molecule has 0 saturated carbocycles. The van der Waals surface area contributed by atoms with Crippen molar-refractivity contribution in [2.75, 3.05) is 0 Å². The maximum absolute atomic E-state index is 11.4. The minimum Gasteiger partial charge on any atom is -0.478 e. The van der Waals surface area contributed by atoms with Crippen molar-refractivity contribution in [1.29, 1.82) is 0 Å². The summed E-state index contributed by atoms with van der Waals surface area (Å²) in [6.45, 7) is 0. The SMILES string of the molecule is O=C(O)c1cc2ccccc2cc1Cc1cccs1. The summed E-state index contributed by atoms with van der Waals surface area (Å²) in [7, 11) is 0. The number of hydrogen-bond donors (Lipinski definition) is 1. The highest BCUT2D eigenvalue weighted by atomic mass is 32.1. The van der Waals surface area contributed by atoms with Gasteiger partial charge in [-0.05, 0) is 39.9 Å². The fourth-order valence-electron chi connectivity index (χ4n) is 2.23. The molecule has 1 heterocycles. The predicted molar refractivity (Wildman–Crippen MR) is 78.0 cm³/mol. The molecule has 1 N–H and O–H groups in total. The van der Waals surface area contributed by atoms with Crippen molar-refractivity contribution >= 4 is 28.1 Å². The maximum Gasteiger partial charge on any atom is 0.335 e. The molecule has 0 atom stereocenters. The largest absolute Gasteiger partial charge is 0.478 e. The van der Waals surface area contributed by atoms with Gasteiger partial charge in [-0.2, -0.15) is 0 Å². The molecule has 0 bridgehead atoms. The van der Waals surface area contributed by atoms with E-state index < -0.39 is 5.97 Å². The van der Waals surface area contributed by atoms with E-state index in [1.807, 2.05) is 47.8 Å². The molecule has 19 heavy (non-hydrogen) atoms. The van der Waals surface area contributed by atoms with Gasteiger partial charge in [-0.15, -0.1) is 11.3 Å². The van der Waals surface area contributed by atoms with Gasteiger partial charge in [-0.25, -0.2) is 4.79 Å². The fraction of sp³-hybridized carbons (Fsp3) is 0.0625. The molecule has 0 fully saturated rings. The van der Waals surface area contributed by atoms with Crippen LogP contribution in [0.2, 0.25) is 0 Å². The number of thiophene rings is 1. The van der Waals surface area contributed by atoms with Gasteiger partial charge in [0.05, 0.1) is 5.56 Å². The number of rotatable bonds is 3. The Morgan fingerprint density at radius 1 is 1.05 bits per heavy atom. The number of carbonyl (C=O) groups is 1. The first-order valence-corrected chi connectivity index (χ1v) is 6.89. The van der Waals surface area contributed by atoms with E-state index in [4.69, 9.17) is 0 Å². The van der Waals surface area contributed by atoms with Crippen molar-refractivity contribution in [3.05, 3.63) is 69.9 Å². The topological polar surface area (TPSA) is 37.3 Å². The summed E-state index contributed by atoms with van der Waals surface area (Å²) in [5.74, 6) is -0.864. The van der Waals surface area contributed by atoms with Crippen molar-refractivity contribution in [2.45, 2.75) is 6.42 Å². The molecular weight excluding hydrogens is 256 g/mol. The zero-order chi connectivity index (χ0) is 13.2. The van der Waals surface area contributed by atoms with Crippen LogP contribution in [-0.2, 0) is 6.42 Å². The number of carboxylic acid groups (broad SMARTS) is 1. The number of fused-ring (bicyclic) bond motifs is 1. The van der Waals surface area contributed by atoms with Crippen LogP contribution in [0.4, 0.5) is 0 Å². The van der Waals surface area contributed by atoms with E-state index in [9.17, 15) is 9.90 Å². The number of carboxylic acids is 1. The van der Waals surface area contributed by atoms with Gasteiger partial charge in [-0.1, -0.05) is 30.3 Å². The number of benzene rings is 2. The van der Waals surface area contributed by atoms with Crippen molar-refractivity contribution in [3.63, 3.8) is 0 Å². The Bertz CT molecular complexity index is 730. The number of aromatic carboxylic acids is 1. The molecule has 0 aliphatic heterocycles. The summed E-state index contributed by atoms with van der Waals surface area (Å²) >= 11 is 1.65. The van der Waals surface area contributed by atoms with E-state index in [1.165, 1.54) is 4.88 Å². The standard InChI is InChI=1S/C16H12O2S/c17-16(18)15-10-12-5-2-1-4-11(12)8-13(15)9-14-6-3-7-19-14/h1-8,10H,9H2,(H,17,18). The van der Waals surface area contributed by atoms with Crippen molar-refractivity contribution in [2.24, 2.45) is 0 Å². The van der Waals surface area contributed by atoms with Crippen LogP contribution in [-0.4, -0.2) is 11.1 Å². The van der Waals surface area contributed by atoms with Crippen molar-refractivity contribution < 1.29 is 9.90 Å². The predicted octanol–water partition coefficient (Wildman–Crippen LogP) is 4.19. The van der Waals surface area contributed by atoms with E-state index in [-0.39, 0.29) is 0 Å². The highest BCUT2D eigenvalue weighted by molar-refractivity contribution is 7.09. The summed E-state index contributed by atoms with van der Waals surface area (Å²) in [6.07, 6.45) is 0.671. The molecular formula is C16H12O2S. The van der Waals surface area contributed by atoms with Gasteiger partial charge in [0, 0.05) is 11.3 Å². The Morgan fingerprint density at radius 2 is 1.79 bits per heavy atom. The molecule has 0 aliphatic carbocycles. The average Bonchev–Trinajstić information content (AvgIpc) is 2.90. The average molecular weight is 268 g/mol. The minimum atomic E-state index is -0.864. The van der Waals surface area contributed by atoms with E-state index >= 15 is 0 Å². The maximum atomic E-state index is 11.4. The Balaban J connectivity index is 2.15. The molecule has 0 spiro atoms. The van der Waals surface area contributed by atoms with Crippen LogP contribution in [0.5, 0.6) is 0 Å². The summed E-state index contributed by atoms with van der Waals surface area (Å²) in [5, 5.41) is 13.4. The van der Waals surface area contributed by atoms with Crippen LogP contribution in [0, 0.1) is 0 Å². The zero-order valence-corrected chi connectivity index (χ0v) is 11.0. The molecule has 94 valence electrons. The molecule has 0 unspecified atom stereocenters. The molecule has 0 amide bonds. The van der Waals surface area contributed by atoms with E-state index in [0.717, 1.165) is 16.3 Å². The van der Waals surface area contributed by atoms with Crippen LogP contribution in [0.1, 0.15) is 20.8 Å². The summed E-state index contributed by atoms with van der Waals surface area (Å²) < 4.78 is 0. The lowest BCUT2D eigenvalue weighted by atomic mass is 9.98. The second-order valence-corrected chi connectivity index (χ2v) is 5.45. The summed E-state index contributed by atoms with van der Waals surface area (Å²) in [6, 6.07) is 15.6. The monoisotopic (exact) mass is 268 g/mol. The van der Waals surface area contributed by atoms with Crippen molar-refractivity contribution in [1.82, 2.24) is 0 Å². The van der Waals surface area contributed by atoms with Crippen LogP contribution >= 0.6 is 11.3 Å². The van der Waals surface area contributed by atoms with Gasteiger partial charge in [0.25, 0.3) is 0 Å². The Hall–Kier alpha value is -2.13. The zero-order valence-electron chi connectivity index (χ0n) is 10.2. The molecule has 2 aromatic carbocycles. The van der Waals surface area contributed by atoms with Gasteiger partial charge in [0.1, 0.15) is 0 Å². The molecule has 0 saturated heterocycles. The van der Waals surface area contributed by atoms with Crippen LogP contribution in [0.3, 0.4) is 0 Å². The van der Waals surface area contributed by atoms with Crippen molar-refractivity contribution in [3.8, 4) is 0 Å². The normalized spacial score (nSPS) is 10.7. The van der Waals surface area contributed by atoms with Crippen LogP contribution in [0.15, 0.2) is 53.9 Å². The molecule has 0 radical (unpaired) electrons. The Kier molecular flexibility index (Phi) is 3.05. The lowest BCUT2D eigenvalue weighted by Gasteiger charge is -2.07. The fourth-order valence-corrected chi connectivity index (χ4v) is 2.96. The number of hydrogen-bond acceptors (Lipinski definition) is 2. The third-order valence-electron chi connectivity index (χ3n) is 3.15. The summed E-state index contributed by atoms with van der Waals surface area (Å²) in [4.78, 5) is 12.6. The quantitative estimate of drug-likeness (QED) is 0.773. The van der Waals surface area contributed by atoms with Crippen LogP contribution < -0.4 is 0 Å². The molecule has 3 rings (SSSR count). The first-order chi connectivity index (χ1) is 9.24. The van der Waals surface area contributed by atoms with Gasteiger partial charge in [-0.3, -0.25) is 0 Å². The first-order valence-electron chi connectivity index (χ1n) is 6.01. The second kappa shape index (κ2) is 4.86. The Morgan fingerprint density at radius 3 is 2.42 bits per heavy atom. The van der Waals surface area contributed by atoms with Gasteiger partial charge in [0.2, 0.25) is 0 Å². The molecule has 2 nitrogen and oxygen atoms in total. The molecule has 0 aliphatic rings. The third-order valence-corrected chi connectivity index (χ3v) is 4.02. The lowest BCUT2D eigenvalue weighted by Crippen LogP contribution is -2.02. The first kappa shape index (κ1) is 11.9. The van der Waals surface area contributed by atoms with E-state index in [2.05, 4.69) is 0 Å². The van der Waals surface area contributed by atoms with Gasteiger partial charge < -0.3 is 5.11 Å². The van der Waals surface area contributed by atoms with Gasteiger partial charge in [0.15, 0.2) is 0 Å².